The number of aryl methyl sites for hydroxylation is 1. The summed E-state index contributed by atoms with van der Waals surface area (Å²) in [5, 5.41) is 2.79. The van der Waals surface area contributed by atoms with E-state index in [0.29, 0.717) is 23.3 Å². The number of sulfonamides is 1. The van der Waals surface area contributed by atoms with Gasteiger partial charge in [-0.1, -0.05) is 20.8 Å². The van der Waals surface area contributed by atoms with Crippen LogP contribution in [0.4, 0.5) is 0 Å². The van der Waals surface area contributed by atoms with E-state index in [4.69, 9.17) is 0 Å². The van der Waals surface area contributed by atoms with Crippen LogP contribution in [0.3, 0.4) is 0 Å². The third kappa shape index (κ3) is 3.86. The highest BCUT2D eigenvalue weighted by Gasteiger charge is 2.22. The molecule has 0 aliphatic rings. The first kappa shape index (κ1) is 22.4. The van der Waals surface area contributed by atoms with E-state index < -0.39 is 21.1 Å². The largest absolute Gasteiger partial charge is 0.317 e. The molecule has 3 aromatic rings. The molecule has 162 valence electrons. The molecule has 0 aliphatic heterocycles. The minimum absolute atomic E-state index is 0.0584. The van der Waals surface area contributed by atoms with E-state index in [1.54, 1.807) is 13.0 Å². The van der Waals surface area contributed by atoms with Gasteiger partial charge in [0.25, 0.3) is 0 Å². The van der Waals surface area contributed by atoms with Gasteiger partial charge in [0.05, 0.1) is 33.2 Å². The van der Waals surface area contributed by atoms with Crippen molar-refractivity contribution in [3.05, 3.63) is 55.0 Å². The van der Waals surface area contributed by atoms with E-state index in [1.165, 1.54) is 46.7 Å². The van der Waals surface area contributed by atoms with Crippen molar-refractivity contribution in [1.29, 1.82) is 0 Å². The van der Waals surface area contributed by atoms with Crippen molar-refractivity contribution in [1.82, 2.24) is 18.4 Å². The van der Waals surface area contributed by atoms with E-state index in [1.807, 2.05) is 5.38 Å². The van der Waals surface area contributed by atoms with Crippen LogP contribution in [0.25, 0.3) is 11.0 Å². The van der Waals surface area contributed by atoms with Crippen LogP contribution in [0.2, 0.25) is 0 Å². The third-order valence-corrected chi connectivity index (χ3v) is 7.94. The molecule has 0 unspecified atom stereocenters. The summed E-state index contributed by atoms with van der Waals surface area (Å²) in [5.74, 6) is 0. The van der Waals surface area contributed by atoms with Gasteiger partial charge in [0.1, 0.15) is 0 Å². The number of hydrogen-bond donors (Lipinski definition) is 0. The van der Waals surface area contributed by atoms with Crippen LogP contribution >= 0.6 is 11.3 Å². The van der Waals surface area contributed by atoms with E-state index in [-0.39, 0.29) is 16.9 Å². The minimum Gasteiger partial charge on any atom is -0.302 e. The van der Waals surface area contributed by atoms with Crippen LogP contribution in [0.5, 0.6) is 0 Å². The molecule has 0 bridgehead atoms. The van der Waals surface area contributed by atoms with E-state index in [0.717, 1.165) is 9.31 Å². The molecule has 8 nitrogen and oxygen atoms in total. The smallest absolute Gasteiger partial charge is 0.302 e. The average molecular weight is 451 g/mol. The van der Waals surface area contributed by atoms with Gasteiger partial charge in [-0.25, -0.2) is 17.7 Å². The Hall–Kier alpha value is -2.30. The lowest BCUT2D eigenvalue weighted by molar-refractivity contribution is 0.520. The fraction of sp³-hybridized carbons (Fsp3) is 0.450. The van der Waals surface area contributed by atoms with Gasteiger partial charge < -0.3 is 4.57 Å². The van der Waals surface area contributed by atoms with Crippen molar-refractivity contribution in [2.24, 2.45) is 0 Å². The maximum Gasteiger partial charge on any atom is 0.317 e. The van der Waals surface area contributed by atoms with Gasteiger partial charge in [-0.15, -0.1) is 11.3 Å². The molecule has 0 saturated heterocycles. The zero-order valence-electron chi connectivity index (χ0n) is 18.0. The van der Waals surface area contributed by atoms with Crippen molar-refractivity contribution in [2.45, 2.75) is 51.1 Å². The highest BCUT2D eigenvalue weighted by molar-refractivity contribution is 7.89. The molecular formula is C20H26N4O4S2. The van der Waals surface area contributed by atoms with Gasteiger partial charge in [-0.2, -0.15) is 0 Å². The fourth-order valence-corrected chi connectivity index (χ4v) is 4.95. The van der Waals surface area contributed by atoms with Crippen LogP contribution in [-0.4, -0.2) is 40.9 Å². The van der Waals surface area contributed by atoms with Gasteiger partial charge in [0.15, 0.2) is 0 Å². The quantitative estimate of drug-likeness (QED) is 0.556. The maximum atomic E-state index is 12.9. The average Bonchev–Trinajstić information content (AvgIpc) is 3.14. The van der Waals surface area contributed by atoms with E-state index >= 15 is 0 Å². The molecule has 1 aromatic carbocycles. The van der Waals surface area contributed by atoms with E-state index in [2.05, 4.69) is 25.8 Å². The van der Waals surface area contributed by atoms with Crippen LogP contribution < -0.4 is 11.1 Å². The number of aromatic nitrogens is 3. The molecule has 0 spiro atoms. The molecule has 0 atom stereocenters. The van der Waals surface area contributed by atoms with Crippen molar-refractivity contribution in [3.8, 4) is 0 Å². The summed E-state index contributed by atoms with van der Waals surface area (Å²) in [6.45, 7) is 8.32. The lowest BCUT2D eigenvalue weighted by Gasteiger charge is -2.16. The molecule has 10 heteroatoms. The normalized spacial score (nSPS) is 12.8. The van der Waals surface area contributed by atoms with Gasteiger partial charge in [-0.05, 0) is 25.1 Å². The molecule has 30 heavy (non-hydrogen) atoms. The molecule has 2 aromatic heterocycles. The molecule has 3 rings (SSSR count). The monoisotopic (exact) mass is 450 g/mol. The number of rotatable bonds is 5. The zero-order valence-corrected chi connectivity index (χ0v) is 19.6. The van der Waals surface area contributed by atoms with Gasteiger partial charge in [-0.3, -0.25) is 14.2 Å². The van der Waals surface area contributed by atoms with Crippen molar-refractivity contribution >= 4 is 32.4 Å². The summed E-state index contributed by atoms with van der Waals surface area (Å²) >= 11 is 1.50. The SMILES string of the molecule is CCn1c(=O)c(=O)n(Cc2csc(C(C)(C)C)n2)c2cc(S(=O)(=O)N(C)C)ccc21. The molecule has 0 N–H and O–H groups in total. The van der Waals surface area contributed by atoms with Crippen LogP contribution in [0.1, 0.15) is 38.4 Å². The van der Waals surface area contributed by atoms with Gasteiger partial charge >= 0.3 is 11.1 Å². The third-order valence-electron chi connectivity index (χ3n) is 4.81. The summed E-state index contributed by atoms with van der Waals surface area (Å²) in [6.07, 6.45) is 0. The molecule has 0 aliphatic carbocycles. The minimum atomic E-state index is -3.70. The standard InChI is InChI=1S/C20H26N4O4S2/c1-7-23-15-9-8-14(30(27,28)22(5)6)10-16(15)24(18(26)17(23)25)11-13-12-29-19(21-13)20(2,3)4/h8-10,12H,7,11H2,1-6H3. The summed E-state index contributed by atoms with van der Waals surface area (Å²) in [7, 11) is -0.804. The number of thiazole rings is 1. The Morgan fingerprint density at radius 2 is 1.70 bits per heavy atom. The number of nitrogens with zero attached hydrogens (tertiary/aromatic N) is 4. The highest BCUT2D eigenvalue weighted by atomic mass is 32.2. The number of hydrogen-bond acceptors (Lipinski definition) is 6. The lowest BCUT2D eigenvalue weighted by atomic mass is 9.98. The molecule has 2 heterocycles. The molecule has 0 radical (unpaired) electrons. The topological polar surface area (TPSA) is 94.3 Å². The molecule has 0 amide bonds. The van der Waals surface area contributed by atoms with Crippen molar-refractivity contribution < 1.29 is 8.42 Å². The van der Waals surface area contributed by atoms with Gasteiger partial charge in [0.2, 0.25) is 10.0 Å². The molecular weight excluding hydrogens is 424 g/mol. The molecule has 0 saturated carbocycles. The number of fused-ring (bicyclic) bond motifs is 1. The Labute approximate surface area is 179 Å². The Morgan fingerprint density at radius 1 is 1.07 bits per heavy atom. The first-order chi connectivity index (χ1) is 13.9. The van der Waals surface area contributed by atoms with E-state index in [9.17, 15) is 18.0 Å². The molecule has 0 fully saturated rings. The first-order valence-electron chi connectivity index (χ1n) is 9.52. The second-order valence-corrected chi connectivity index (χ2v) is 11.3. The Bertz CT molecular complexity index is 1330. The van der Waals surface area contributed by atoms with Crippen LogP contribution in [-0.2, 0) is 28.5 Å². The van der Waals surface area contributed by atoms with Crippen LogP contribution in [0.15, 0.2) is 38.1 Å². The van der Waals surface area contributed by atoms with Crippen molar-refractivity contribution in [3.63, 3.8) is 0 Å². The number of benzene rings is 1. The summed E-state index contributed by atoms with van der Waals surface area (Å²) in [5.41, 5.74) is 0.0753. The Balaban J connectivity index is 2.29. The summed E-state index contributed by atoms with van der Waals surface area (Å²) < 4.78 is 29.0. The van der Waals surface area contributed by atoms with Gasteiger partial charge in [0, 0.05) is 31.4 Å². The predicted molar refractivity (Wildman–Crippen MR) is 119 cm³/mol. The Morgan fingerprint density at radius 3 is 2.23 bits per heavy atom. The van der Waals surface area contributed by atoms with Crippen molar-refractivity contribution in [2.75, 3.05) is 14.1 Å². The second kappa shape index (κ2) is 7.75. The van der Waals surface area contributed by atoms with Crippen LogP contribution in [0, 0.1) is 0 Å². The predicted octanol–water partition coefficient (Wildman–Crippen LogP) is 2.24. The second-order valence-electron chi connectivity index (χ2n) is 8.27. The summed E-state index contributed by atoms with van der Waals surface area (Å²) in [6, 6.07) is 4.49. The zero-order chi connectivity index (χ0) is 22.4. The Kier molecular flexibility index (Phi) is 5.78. The fourth-order valence-electron chi connectivity index (χ4n) is 3.13. The maximum absolute atomic E-state index is 12.9. The highest BCUT2D eigenvalue weighted by Crippen LogP contribution is 2.26. The first-order valence-corrected chi connectivity index (χ1v) is 11.8. The summed E-state index contributed by atoms with van der Waals surface area (Å²) in [4.78, 5) is 30.3. The lowest BCUT2D eigenvalue weighted by Crippen LogP contribution is -2.41.